The lowest BCUT2D eigenvalue weighted by molar-refractivity contribution is -0.124. The Hall–Kier alpha value is -1.54. The minimum absolute atomic E-state index is 0.0610. The van der Waals surface area contributed by atoms with Crippen LogP contribution in [0.3, 0.4) is 0 Å². The fourth-order valence-corrected chi connectivity index (χ4v) is 6.83. The predicted molar refractivity (Wildman–Crippen MR) is 101 cm³/mol. The molecule has 136 valence electrons. The summed E-state index contributed by atoms with van der Waals surface area (Å²) in [4.78, 5) is 18.6. The second kappa shape index (κ2) is 6.32. The van der Waals surface area contributed by atoms with Crippen LogP contribution in [0.4, 0.5) is 5.69 Å². The number of hydrogen-bond donors (Lipinski definition) is 0. The molecule has 3 rings (SSSR count). The molecule has 0 spiro atoms. The first-order chi connectivity index (χ1) is 11.6. The number of hydrogen-bond acceptors (Lipinski definition) is 5. The molecule has 6 nitrogen and oxygen atoms in total. The number of fused-ring (bicyclic) bond motifs is 1. The Labute approximate surface area is 152 Å². The maximum Gasteiger partial charge on any atom is 0.253 e. The number of rotatable bonds is 2. The molecule has 2 aliphatic heterocycles. The second-order valence-corrected chi connectivity index (χ2v) is 10.7. The van der Waals surface area contributed by atoms with Crippen LogP contribution in [0.2, 0.25) is 0 Å². The number of benzene rings is 1. The van der Waals surface area contributed by atoms with Crippen molar-refractivity contribution in [2.24, 2.45) is 10.4 Å². The van der Waals surface area contributed by atoms with E-state index in [9.17, 15) is 13.2 Å². The standard InChI is InChI=1S/C17H22N2O4S2/c1-17(2,3)15(20)18-16-19(11-7-5-6-8-13(11)23-4)12-9-25(21,22)10-14(12)24-16/h5-8,12,14H,9-10H2,1-4H3/t12-,14-/m0/s1. The quantitative estimate of drug-likeness (QED) is 0.781. The largest absolute Gasteiger partial charge is 0.495 e. The molecule has 0 radical (unpaired) electrons. The Bertz CT molecular complexity index is 827. The highest BCUT2D eigenvalue weighted by atomic mass is 32.2. The van der Waals surface area contributed by atoms with Gasteiger partial charge >= 0.3 is 0 Å². The number of aliphatic imine (C=N–C) groups is 1. The Balaban J connectivity index is 2.07. The zero-order valence-corrected chi connectivity index (χ0v) is 16.4. The molecule has 2 fully saturated rings. The molecule has 0 unspecified atom stereocenters. The summed E-state index contributed by atoms with van der Waals surface area (Å²) in [5.74, 6) is 0.573. The number of para-hydroxylation sites is 2. The van der Waals surface area contributed by atoms with Crippen molar-refractivity contribution in [3.8, 4) is 5.75 Å². The van der Waals surface area contributed by atoms with Gasteiger partial charge in [-0.1, -0.05) is 44.7 Å². The summed E-state index contributed by atoms with van der Waals surface area (Å²) in [5, 5.41) is 0.427. The van der Waals surface area contributed by atoms with Crippen molar-refractivity contribution in [3.05, 3.63) is 24.3 Å². The smallest absolute Gasteiger partial charge is 0.253 e. The summed E-state index contributed by atoms with van der Waals surface area (Å²) in [7, 11) is -1.52. The van der Waals surface area contributed by atoms with E-state index in [1.807, 2.05) is 49.9 Å². The van der Waals surface area contributed by atoms with Crippen LogP contribution in [0.25, 0.3) is 0 Å². The third-order valence-corrected chi connectivity index (χ3v) is 7.46. The highest BCUT2D eigenvalue weighted by molar-refractivity contribution is 8.16. The summed E-state index contributed by atoms with van der Waals surface area (Å²) in [6.07, 6.45) is 0. The molecule has 0 aromatic heterocycles. The number of anilines is 1. The van der Waals surface area contributed by atoms with Crippen molar-refractivity contribution >= 4 is 38.4 Å². The van der Waals surface area contributed by atoms with E-state index in [1.54, 1.807) is 7.11 Å². The Morgan fingerprint density at radius 3 is 2.60 bits per heavy atom. The van der Waals surface area contributed by atoms with Crippen LogP contribution in [0.5, 0.6) is 5.75 Å². The van der Waals surface area contributed by atoms with Gasteiger partial charge in [0.1, 0.15) is 5.75 Å². The van der Waals surface area contributed by atoms with Gasteiger partial charge < -0.3 is 9.64 Å². The minimum atomic E-state index is -3.09. The summed E-state index contributed by atoms with van der Waals surface area (Å²) < 4.78 is 29.6. The molecule has 0 bridgehead atoms. The molecular formula is C17H22N2O4S2. The lowest BCUT2D eigenvalue weighted by Crippen LogP contribution is -2.38. The van der Waals surface area contributed by atoms with Gasteiger partial charge in [0.25, 0.3) is 5.91 Å². The van der Waals surface area contributed by atoms with Crippen molar-refractivity contribution in [2.45, 2.75) is 32.1 Å². The average Bonchev–Trinajstić information content (AvgIpc) is 2.97. The van der Waals surface area contributed by atoms with Gasteiger partial charge in [-0.05, 0) is 12.1 Å². The minimum Gasteiger partial charge on any atom is -0.495 e. The lowest BCUT2D eigenvalue weighted by Gasteiger charge is -2.26. The van der Waals surface area contributed by atoms with E-state index in [2.05, 4.69) is 4.99 Å². The van der Waals surface area contributed by atoms with Crippen LogP contribution in [0.1, 0.15) is 20.8 Å². The maximum atomic E-state index is 12.4. The van der Waals surface area contributed by atoms with Gasteiger partial charge in [0.15, 0.2) is 15.0 Å². The van der Waals surface area contributed by atoms with E-state index < -0.39 is 15.3 Å². The number of amides is 1. The summed E-state index contributed by atoms with van der Waals surface area (Å²) in [6.45, 7) is 5.45. The van der Waals surface area contributed by atoms with E-state index >= 15 is 0 Å². The summed E-state index contributed by atoms with van der Waals surface area (Å²) in [6, 6.07) is 7.16. The van der Waals surface area contributed by atoms with E-state index in [0.29, 0.717) is 10.9 Å². The molecule has 1 aromatic carbocycles. The number of methoxy groups -OCH3 is 1. The first-order valence-corrected chi connectivity index (χ1v) is 10.7. The number of carbonyl (C=O) groups excluding carboxylic acids is 1. The Kier molecular flexibility index (Phi) is 4.61. The first kappa shape index (κ1) is 18.3. The summed E-state index contributed by atoms with van der Waals surface area (Å²) >= 11 is 1.37. The van der Waals surface area contributed by atoms with E-state index in [4.69, 9.17) is 4.74 Å². The van der Waals surface area contributed by atoms with E-state index in [0.717, 1.165) is 5.69 Å². The number of thioether (sulfide) groups is 1. The van der Waals surface area contributed by atoms with E-state index in [1.165, 1.54) is 11.8 Å². The molecule has 2 heterocycles. The molecule has 1 aromatic rings. The Morgan fingerprint density at radius 1 is 1.28 bits per heavy atom. The molecule has 2 aliphatic rings. The van der Waals surface area contributed by atoms with Crippen molar-refractivity contribution in [3.63, 3.8) is 0 Å². The van der Waals surface area contributed by atoms with Crippen LogP contribution >= 0.6 is 11.8 Å². The number of ether oxygens (including phenoxy) is 1. The molecule has 2 saturated heterocycles. The number of nitrogens with zero attached hydrogens (tertiary/aromatic N) is 2. The van der Waals surface area contributed by atoms with Crippen molar-refractivity contribution in [1.29, 1.82) is 0 Å². The predicted octanol–water partition coefficient (Wildman–Crippen LogP) is 2.34. The fraction of sp³-hybridized carbons (Fsp3) is 0.529. The van der Waals surface area contributed by atoms with Crippen molar-refractivity contribution in [2.75, 3.05) is 23.5 Å². The molecule has 2 atom stereocenters. The maximum absolute atomic E-state index is 12.4. The molecular weight excluding hydrogens is 360 g/mol. The number of sulfone groups is 1. The van der Waals surface area contributed by atoms with Crippen LogP contribution in [0, 0.1) is 5.41 Å². The van der Waals surface area contributed by atoms with Crippen LogP contribution in [-0.4, -0.2) is 49.4 Å². The summed E-state index contributed by atoms with van der Waals surface area (Å²) in [5.41, 5.74) is 0.145. The van der Waals surface area contributed by atoms with Gasteiger partial charge in [-0.2, -0.15) is 4.99 Å². The molecule has 0 saturated carbocycles. The molecule has 25 heavy (non-hydrogen) atoms. The van der Waals surface area contributed by atoms with Crippen molar-refractivity contribution in [1.82, 2.24) is 0 Å². The third-order valence-electron chi connectivity index (χ3n) is 4.25. The molecule has 0 N–H and O–H groups in total. The van der Waals surface area contributed by atoms with Crippen LogP contribution in [-0.2, 0) is 14.6 Å². The molecule has 8 heteroatoms. The topological polar surface area (TPSA) is 76.0 Å². The van der Waals surface area contributed by atoms with Crippen LogP contribution in [0.15, 0.2) is 29.3 Å². The second-order valence-electron chi connectivity index (χ2n) is 7.29. The molecule has 1 amide bonds. The number of carbonyl (C=O) groups is 1. The van der Waals surface area contributed by atoms with Gasteiger partial charge in [-0.3, -0.25) is 4.79 Å². The van der Waals surface area contributed by atoms with Crippen LogP contribution < -0.4 is 9.64 Å². The third kappa shape index (κ3) is 3.55. The monoisotopic (exact) mass is 382 g/mol. The number of amidine groups is 1. The van der Waals surface area contributed by atoms with Gasteiger partial charge in [0.2, 0.25) is 0 Å². The Morgan fingerprint density at radius 2 is 1.96 bits per heavy atom. The SMILES string of the molecule is COc1ccccc1N1C(=NC(=O)C(C)(C)C)S[C@H]2CS(=O)(=O)C[C@@H]21. The van der Waals surface area contributed by atoms with Gasteiger partial charge in [0.05, 0.1) is 30.3 Å². The fourth-order valence-electron chi connectivity index (χ4n) is 2.93. The first-order valence-electron chi connectivity index (χ1n) is 8.05. The normalized spacial score (nSPS) is 26.7. The van der Waals surface area contributed by atoms with Gasteiger partial charge in [-0.25, -0.2) is 8.42 Å². The lowest BCUT2D eigenvalue weighted by atomic mass is 9.96. The zero-order valence-electron chi connectivity index (χ0n) is 14.7. The van der Waals surface area contributed by atoms with E-state index in [-0.39, 0.29) is 28.7 Å². The average molecular weight is 383 g/mol. The van der Waals surface area contributed by atoms with Gasteiger partial charge in [0, 0.05) is 10.7 Å². The van der Waals surface area contributed by atoms with Crippen molar-refractivity contribution < 1.29 is 17.9 Å². The molecule has 0 aliphatic carbocycles. The highest BCUT2D eigenvalue weighted by Gasteiger charge is 2.50. The van der Waals surface area contributed by atoms with Gasteiger partial charge in [-0.15, -0.1) is 0 Å². The highest BCUT2D eigenvalue weighted by Crippen LogP contribution is 2.44. The zero-order chi connectivity index (χ0) is 18.4.